The lowest BCUT2D eigenvalue weighted by Gasteiger charge is -2.16. The number of rotatable bonds is 7. The predicted molar refractivity (Wildman–Crippen MR) is 68.8 cm³/mol. The molecule has 0 aromatic carbocycles. The van der Waals surface area contributed by atoms with E-state index in [1.54, 1.807) is 6.21 Å². The highest BCUT2D eigenvalue weighted by Crippen LogP contribution is 2.15. The summed E-state index contributed by atoms with van der Waals surface area (Å²) in [6.07, 6.45) is 8.39. The molecule has 0 aliphatic carbocycles. The van der Waals surface area contributed by atoms with Gasteiger partial charge in [-0.1, -0.05) is 11.6 Å². The quantitative estimate of drug-likeness (QED) is 0.181. The van der Waals surface area contributed by atoms with Crippen LogP contribution in [0, 0.1) is 5.21 Å². The number of hydrogen-bond acceptors (Lipinski definition) is 2. The number of aliphatic hydroxyl groups is 1. The van der Waals surface area contributed by atoms with Crippen LogP contribution in [0.5, 0.6) is 0 Å². The molecule has 0 radical (unpaired) electrons. The van der Waals surface area contributed by atoms with Crippen molar-refractivity contribution in [3.63, 3.8) is 0 Å². The lowest BCUT2D eigenvalue weighted by Crippen LogP contribution is -2.17. The van der Waals surface area contributed by atoms with Crippen LogP contribution in [0.1, 0.15) is 52.9 Å². The van der Waals surface area contributed by atoms with Crippen LogP contribution in [0.3, 0.4) is 0 Å². The van der Waals surface area contributed by atoms with Gasteiger partial charge in [-0.15, -0.1) is 0 Å². The Hall–Kier alpha value is -0.830. The van der Waals surface area contributed by atoms with Gasteiger partial charge in [-0.2, -0.15) is 0 Å². The Balaban J connectivity index is 3.68. The van der Waals surface area contributed by atoms with E-state index in [2.05, 4.69) is 13.0 Å². The van der Waals surface area contributed by atoms with E-state index >= 15 is 0 Å². The number of hydroxylamine groups is 1. The summed E-state index contributed by atoms with van der Waals surface area (Å²) in [5.74, 6) is 0. The van der Waals surface area contributed by atoms with Crippen LogP contribution < -0.4 is 0 Å². The predicted octanol–water partition coefficient (Wildman–Crippen LogP) is 2.87. The SMILES string of the molecule is CC(=CCCC=[N+](C)[O-])CCCC(C)(C)O. The average Bonchev–Trinajstić information content (AvgIpc) is 2.10. The fraction of sp³-hybridized carbons (Fsp3) is 0.769. The third-order valence-electron chi connectivity index (χ3n) is 2.41. The topological polar surface area (TPSA) is 46.3 Å². The molecule has 94 valence electrons. The fourth-order valence-electron chi connectivity index (χ4n) is 1.49. The van der Waals surface area contributed by atoms with E-state index in [4.69, 9.17) is 0 Å². The Morgan fingerprint density at radius 2 is 2.00 bits per heavy atom. The van der Waals surface area contributed by atoms with E-state index in [0.29, 0.717) is 0 Å². The van der Waals surface area contributed by atoms with Gasteiger partial charge in [0.2, 0.25) is 0 Å². The Bertz CT molecular complexity index is 245. The molecule has 0 bridgehead atoms. The molecule has 0 aliphatic heterocycles. The van der Waals surface area contributed by atoms with E-state index in [0.717, 1.165) is 36.8 Å². The first-order valence-electron chi connectivity index (χ1n) is 5.92. The zero-order valence-corrected chi connectivity index (χ0v) is 11.0. The average molecular weight is 227 g/mol. The van der Waals surface area contributed by atoms with Gasteiger partial charge >= 0.3 is 0 Å². The van der Waals surface area contributed by atoms with Crippen molar-refractivity contribution < 1.29 is 9.85 Å². The van der Waals surface area contributed by atoms with Gasteiger partial charge in [0.25, 0.3) is 0 Å². The van der Waals surface area contributed by atoms with Crippen molar-refractivity contribution >= 4 is 6.21 Å². The summed E-state index contributed by atoms with van der Waals surface area (Å²) in [5, 5.41) is 20.1. The molecule has 0 amide bonds. The van der Waals surface area contributed by atoms with E-state index in [1.165, 1.54) is 12.6 Å². The molecule has 0 spiro atoms. The Morgan fingerprint density at radius 3 is 2.50 bits per heavy atom. The van der Waals surface area contributed by atoms with Crippen molar-refractivity contribution in [3.8, 4) is 0 Å². The summed E-state index contributed by atoms with van der Waals surface area (Å²) >= 11 is 0. The second kappa shape index (κ2) is 7.44. The molecule has 0 aromatic rings. The van der Waals surface area contributed by atoms with Crippen LogP contribution in [-0.2, 0) is 0 Å². The summed E-state index contributed by atoms with van der Waals surface area (Å²) in [4.78, 5) is 0. The highest BCUT2D eigenvalue weighted by Gasteiger charge is 2.10. The lowest BCUT2D eigenvalue weighted by molar-refractivity contribution is -0.418. The Labute approximate surface area is 99.1 Å². The molecule has 1 N–H and O–H groups in total. The first-order valence-corrected chi connectivity index (χ1v) is 5.92. The lowest BCUT2D eigenvalue weighted by atomic mass is 9.99. The molecule has 3 heteroatoms. The van der Waals surface area contributed by atoms with Crippen LogP contribution in [0.4, 0.5) is 0 Å². The maximum absolute atomic E-state index is 10.6. The molecule has 0 unspecified atom stereocenters. The van der Waals surface area contributed by atoms with E-state index in [-0.39, 0.29) is 0 Å². The van der Waals surface area contributed by atoms with Crippen molar-refractivity contribution in [2.24, 2.45) is 0 Å². The van der Waals surface area contributed by atoms with Crippen LogP contribution in [0.2, 0.25) is 0 Å². The smallest absolute Gasteiger partial charge is 0.150 e. The molecule has 16 heavy (non-hydrogen) atoms. The van der Waals surface area contributed by atoms with Crippen molar-refractivity contribution in [1.29, 1.82) is 0 Å². The zero-order valence-electron chi connectivity index (χ0n) is 11.0. The molecular weight excluding hydrogens is 202 g/mol. The van der Waals surface area contributed by atoms with Gasteiger partial charge in [0, 0.05) is 6.42 Å². The summed E-state index contributed by atoms with van der Waals surface area (Å²) in [7, 11) is 1.50. The molecule has 3 nitrogen and oxygen atoms in total. The Kier molecular flexibility index (Phi) is 7.06. The summed E-state index contributed by atoms with van der Waals surface area (Å²) in [6.45, 7) is 5.78. The minimum absolute atomic E-state index is 0.556. The number of unbranched alkanes of at least 4 members (excludes halogenated alkanes) is 1. The zero-order chi connectivity index (χ0) is 12.6. The van der Waals surface area contributed by atoms with E-state index in [9.17, 15) is 10.3 Å². The van der Waals surface area contributed by atoms with Crippen molar-refractivity contribution in [3.05, 3.63) is 16.9 Å². The number of allylic oxidation sites excluding steroid dienone is 2. The standard InChI is InChI=1S/C13H25NO2/c1-12(8-5-6-11-14(4)16)9-7-10-13(2,3)15/h8,11,15H,5-7,9-10H2,1-4H3. The van der Waals surface area contributed by atoms with Gasteiger partial charge < -0.3 is 10.3 Å². The molecule has 0 saturated carbocycles. The molecule has 0 saturated heterocycles. The van der Waals surface area contributed by atoms with Crippen molar-refractivity contribution in [1.82, 2.24) is 0 Å². The summed E-state index contributed by atoms with van der Waals surface area (Å²) in [6, 6.07) is 0. The largest absolute Gasteiger partial charge is 0.624 e. The van der Waals surface area contributed by atoms with Crippen molar-refractivity contribution in [2.75, 3.05) is 7.05 Å². The van der Waals surface area contributed by atoms with Gasteiger partial charge in [-0.05, 0) is 46.5 Å². The van der Waals surface area contributed by atoms with Crippen LogP contribution >= 0.6 is 0 Å². The molecular formula is C13H25NO2. The number of nitrogens with zero attached hydrogens (tertiary/aromatic N) is 1. The number of hydrogen-bond donors (Lipinski definition) is 1. The second-order valence-corrected chi connectivity index (χ2v) is 5.02. The van der Waals surface area contributed by atoms with Gasteiger partial charge in [0.1, 0.15) is 7.05 Å². The van der Waals surface area contributed by atoms with E-state index in [1.807, 2.05) is 13.8 Å². The van der Waals surface area contributed by atoms with Gasteiger partial charge in [0.05, 0.1) is 5.60 Å². The summed E-state index contributed by atoms with van der Waals surface area (Å²) < 4.78 is 0.845. The van der Waals surface area contributed by atoms with Gasteiger partial charge in [0.15, 0.2) is 6.21 Å². The molecule has 0 rings (SSSR count). The third-order valence-corrected chi connectivity index (χ3v) is 2.41. The monoisotopic (exact) mass is 227 g/mol. The second-order valence-electron chi connectivity index (χ2n) is 5.02. The Morgan fingerprint density at radius 1 is 1.38 bits per heavy atom. The van der Waals surface area contributed by atoms with E-state index < -0.39 is 5.60 Å². The maximum Gasteiger partial charge on any atom is 0.150 e. The highest BCUT2D eigenvalue weighted by atomic mass is 16.5. The van der Waals surface area contributed by atoms with Crippen molar-refractivity contribution in [2.45, 2.75) is 58.5 Å². The third kappa shape index (κ3) is 11.2. The van der Waals surface area contributed by atoms with Crippen LogP contribution in [0.15, 0.2) is 11.6 Å². The molecule has 0 aromatic heterocycles. The van der Waals surface area contributed by atoms with Gasteiger partial charge in [-0.3, -0.25) is 0 Å². The maximum atomic E-state index is 10.6. The van der Waals surface area contributed by atoms with Crippen LogP contribution in [-0.4, -0.2) is 28.7 Å². The first-order chi connectivity index (χ1) is 7.31. The minimum Gasteiger partial charge on any atom is -0.624 e. The highest BCUT2D eigenvalue weighted by molar-refractivity contribution is 5.51. The molecule has 0 heterocycles. The molecule has 0 aliphatic rings. The van der Waals surface area contributed by atoms with Gasteiger partial charge in [-0.25, -0.2) is 4.74 Å². The molecule has 0 atom stereocenters. The minimum atomic E-state index is -0.556. The van der Waals surface area contributed by atoms with Crippen LogP contribution in [0.25, 0.3) is 0 Å². The summed E-state index contributed by atoms with van der Waals surface area (Å²) in [5.41, 5.74) is 0.783. The fourth-order valence-corrected chi connectivity index (χ4v) is 1.49. The molecule has 0 fully saturated rings. The normalized spacial score (nSPS) is 14.3. The first kappa shape index (κ1) is 15.2.